The van der Waals surface area contributed by atoms with Gasteiger partial charge in [-0.05, 0) is 55.8 Å². The van der Waals surface area contributed by atoms with Gasteiger partial charge in [0.2, 0.25) is 0 Å². The highest BCUT2D eigenvalue weighted by atomic mass is 19.5. The molecule has 0 radical (unpaired) electrons. The summed E-state index contributed by atoms with van der Waals surface area (Å²) < 4.78 is 65.6. The van der Waals surface area contributed by atoms with E-state index in [1.165, 1.54) is 17.7 Å². The lowest BCUT2D eigenvalue weighted by atomic mass is 9.87. The van der Waals surface area contributed by atoms with Gasteiger partial charge in [-0.3, -0.25) is 0 Å². The second-order valence-corrected chi connectivity index (χ2v) is 7.78. The summed E-state index contributed by atoms with van der Waals surface area (Å²) in [5, 5.41) is 2.03. The molecule has 0 unspecified atom stereocenters. The molecule has 0 atom stereocenters. The number of anilines is 1. The second kappa shape index (κ2) is 8.28. The fourth-order valence-electron chi connectivity index (χ4n) is 3.75. The van der Waals surface area contributed by atoms with Crippen LogP contribution in [0.5, 0.6) is 11.5 Å². The van der Waals surface area contributed by atoms with E-state index in [9.17, 15) is 21.7 Å². The lowest BCUT2D eigenvalue weighted by Gasteiger charge is -2.30. The fraction of sp³-hybridized carbons (Fsp3) is 0.350. The van der Waals surface area contributed by atoms with Gasteiger partial charge in [0.25, 0.3) is 0 Å². The number of benzene rings is 2. The average Bonchev–Trinajstić information content (AvgIpc) is 3.13. The minimum absolute atomic E-state index is 0.0658. The van der Waals surface area contributed by atoms with Gasteiger partial charge in [-0.15, -0.1) is 0 Å². The molecule has 0 aliphatic carbocycles. The van der Waals surface area contributed by atoms with E-state index in [1.54, 1.807) is 26.4 Å². The van der Waals surface area contributed by atoms with Gasteiger partial charge in [-0.1, -0.05) is 0 Å². The summed E-state index contributed by atoms with van der Waals surface area (Å²) in [5.41, 5.74) is 6.66. The van der Waals surface area contributed by atoms with Gasteiger partial charge in [0, 0.05) is 6.42 Å². The molecule has 0 fully saturated rings. The third-order valence-electron chi connectivity index (χ3n) is 5.15. The number of halogens is 5. The molecule has 2 heterocycles. The minimum Gasteiger partial charge on any atom is -0.493 e. The summed E-state index contributed by atoms with van der Waals surface area (Å²) >= 11 is 0. The van der Waals surface area contributed by atoms with Gasteiger partial charge < -0.3 is 26.7 Å². The predicted octanol–water partition coefficient (Wildman–Crippen LogP) is 4.22. The summed E-state index contributed by atoms with van der Waals surface area (Å²) in [4.78, 5) is 0. The summed E-state index contributed by atoms with van der Waals surface area (Å²) in [6.45, 7) is 5.13. The van der Waals surface area contributed by atoms with Gasteiger partial charge in [-0.25, -0.2) is 8.97 Å². The van der Waals surface area contributed by atoms with Crippen LogP contribution in [0, 0.1) is 5.82 Å². The maximum Gasteiger partial charge on any atom is 0.673 e. The van der Waals surface area contributed by atoms with Crippen LogP contribution in [0.25, 0.3) is 0 Å². The van der Waals surface area contributed by atoms with Gasteiger partial charge in [0.1, 0.15) is 11.4 Å². The third kappa shape index (κ3) is 5.03. The number of methoxy groups -OCH3 is 2. The van der Waals surface area contributed by atoms with E-state index in [4.69, 9.17) is 9.47 Å². The molecular weight excluding hydrogens is 420 g/mol. The van der Waals surface area contributed by atoms with Crippen LogP contribution in [0.2, 0.25) is 0 Å². The molecule has 0 saturated carbocycles. The SMILES string of the molecule is COc1cc2c(cc1OC)C1=[N+](CN(c3ccc(F)cc3)N1)C(C)(C)C2.F[B-](F)(F)F. The van der Waals surface area contributed by atoms with Crippen molar-refractivity contribution in [1.82, 2.24) is 5.43 Å². The highest BCUT2D eigenvalue weighted by Crippen LogP contribution is 2.36. The molecular formula is C20H23BF5N3O2. The molecule has 31 heavy (non-hydrogen) atoms. The van der Waals surface area contributed by atoms with Crippen LogP contribution in [-0.4, -0.2) is 44.1 Å². The van der Waals surface area contributed by atoms with E-state index in [1.807, 2.05) is 11.1 Å². The van der Waals surface area contributed by atoms with Crippen LogP contribution in [0.4, 0.5) is 27.3 Å². The highest BCUT2D eigenvalue weighted by molar-refractivity contribution is 6.50. The largest absolute Gasteiger partial charge is 0.673 e. The Hall–Kier alpha value is -2.98. The third-order valence-corrected chi connectivity index (χ3v) is 5.15. The first-order valence-corrected chi connectivity index (χ1v) is 9.50. The number of nitrogens with one attached hydrogen (secondary N) is 1. The number of amidine groups is 1. The molecule has 2 aromatic carbocycles. The summed E-state index contributed by atoms with van der Waals surface area (Å²) in [5.74, 6) is 2.24. The monoisotopic (exact) mass is 443 g/mol. The second-order valence-electron chi connectivity index (χ2n) is 7.78. The fourth-order valence-corrected chi connectivity index (χ4v) is 3.75. The van der Waals surface area contributed by atoms with Crippen molar-refractivity contribution in [2.45, 2.75) is 25.8 Å². The smallest absolute Gasteiger partial charge is 0.493 e. The zero-order valence-corrected chi connectivity index (χ0v) is 17.6. The van der Waals surface area contributed by atoms with Gasteiger partial charge in [-0.2, -0.15) is 10.4 Å². The summed E-state index contributed by atoms with van der Waals surface area (Å²) in [6, 6.07) is 10.6. The molecule has 2 aliphatic heterocycles. The van der Waals surface area contributed by atoms with Crippen molar-refractivity contribution in [2.75, 3.05) is 25.9 Å². The van der Waals surface area contributed by atoms with Crippen LogP contribution in [0.15, 0.2) is 36.4 Å². The molecule has 4 rings (SSSR count). The topological polar surface area (TPSA) is 36.7 Å². The lowest BCUT2D eigenvalue weighted by Crippen LogP contribution is -2.45. The Labute approximate surface area is 177 Å². The Bertz CT molecular complexity index is 988. The molecule has 0 aromatic heterocycles. The van der Waals surface area contributed by atoms with Gasteiger partial charge in [0.05, 0.1) is 25.5 Å². The van der Waals surface area contributed by atoms with Crippen molar-refractivity contribution < 1.29 is 35.7 Å². The van der Waals surface area contributed by atoms with Crippen LogP contribution in [0.1, 0.15) is 25.0 Å². The van der Waals surface area contributed by atoms with E-state index in [2.05, 4.69) is 29.9 Å². The first kappa shape index (κ1) is 22.7. The maximum atomic E-state index is 13.3. The number of ether oxygens (including phenoxy) is 2. The zero-order valence-electron chi connectivity index (χ0n) is 17.6. The van der Waals surface area contributed by atoms with E-state index < -0.39 is 7.25 Å². The van der Waals surface area contributed by atoms with E-state index in [0.717, 1.165) is 29.3 Å². The molecule has 0 amide bonds. The molecule has 11 heteroatoms. The molecule has 5 nitrogen and oxygen atoms in total. The summed E-state index contributed by atoms with van der Waals surface area (Å²) in [6.07, 6.45) is 0.894. The lowest BCUT2D eigenvalue weighted by molar-refractivity contribution is -0.595. The van der Waals surface area contributed by atoms with Crippen molar-refractivity contribution in [3.05, 3.63) is 53.3 Å². The van der Waals surface area contributed by atoms with Crippen LogP contribution >= 0.6 is 0 Å². The van der Waals surface area contributed by atoms with Crippen LogP contribution in [-0.2, 0) is 6.42 Å². The Kier molecular flexibility index (Phi) is 6.06. The highest BCUT2D eigenvalue weighted by Gasteiger charge is 2.44. The molecule has 168 valence electrons. The normalized spacial score (nSPS) is 16.6. The Morgan fingerprint density at radius 3 is 2.10 bits per heavy atom. The van der Waals surface area contributed by atoms with E-state index in [-0.39, 0.29) is 11.4 Å². The van der Waals surface area contributed by atoms with Gasteiger partial charge in [0.15, 0.2) is 18.2 Å². The van der Waals surface area contributed by atoms with E-state index in [0.29, 0.717) is 12.4 Å². The standard InChI is InChI=1S/C20H22FN3O2.BF4/c1-20(2)11-13-9-17(25-3)18(26-4)10-16(13)19-22-24(12-23(19)20)15-7-5-14(21)6-8-15;2-1(3,4)5/h5-10H,11-12H2,1-4H3;/q;-1/p+1. The number of nitrogens with zero attached hydrogens (tertiary/aromatic N) is 2. The van der Waals surface area contributed by atoms with Crippen molar-refractivity contribution >= 4 is 18.8 Å². The van der Waals surface area contributed by atoms with Crippen LogP contribution < -0.4 is 19.9 Å². The van der Waals surface area contributed by atoms with Crippen LogP contribution in [0.3, 0.4) is 0 Å². The number of rotatable bonds is 3. The molecule has 2 aliphatic rings. The first-order chi connectivity index (χ1) is 14.4. The molecule has 0 bridgehead atoms. The zero-order chi connectivity index (χ0) is 23.0. The van der Waals surface area contributed by atoms with Crippen molar-refractivity contribution in [3.63, 3.8) is 0 Å². The molecule has 2 aromatic rings. The Morgan fingerprint density at radius 1 is 1.00 bits per heavy atom. The minimum atomic E-state index is -6.00. The molecule has 1 N–H and O–H groups in total. The van der Waals surface area contributed by atoms with Crippen molar-refractivity contribution in [1.29, 1.82) is 0 Å². The Morgan fingerprint density at radius 2 is 1.55 bits per heavy atom. The number of hydrogen-bond acceptors (Lipinski definition) is 4. The van der Waals surface area contributed by atoms with Crippen molar-refractivity contribution in [3.8, 4) is 11.5 Å². The van der Waals surface area contributed by atoms with Crippen molar-refractivity contribution in [2.24, 2.45) is 0 Å². The number of hydrazine groups is 1. The number of hydrogen-bond donors (Lipinski definition) is 1. The summed E-state index contributed by atoms with van der Waals surface area (Å²) in [7, 11) is -2.70. The molecule has 0 saturated heterocycles. The van der Waals surface area contributed by atoms with Gasteiger partial charge >= 0.3 is 13.1 Å². The predicted molar refractivity (Wildman–Crippen MR) is 109 cm³/mol. The quantitative estimate of drug-likeness (QED) is 0.438. The first-order valence-electron chi connectivity index (χ1n) is 9.50. The maximum absolute atomic E-state index is 13.3. The number of fused-ring (bicyclic) bond motifs is 2. The molecule has 0 spiro atoms. The Balaban J connectivity index is 0.000000491. The van der Waals surface area contributed by atoms with E-state index >= 15 is 0 Å². The average molecular weight is 443 g/mol.